The van der Waals surface area contributed by atoms with E-state index in [9.17, 15) is 18.3 Å². The van der Waals surface area contributed by atoms with Crippen molar-refractivity contribution in [2.24, 2.45) is 0 Å². The van der Waals surface area contributed by atoms with Crippen LogP contribution < -0.4 is 5.32 Å². The second-order valence-corrected chi connectivity index (χ2v) is 7.29. The number of aliphatic hydroxyl groups excluding tert-OH is 1. The SMILES string of the molecule is CS(=O)(=O)c1cccc(C(=O)NC2CCC(O)CC2)c1. The lowest BCUT2D eigenvalue weighted by Gasteiger charge is -2.26. The van der Waals surface area contributed by atoms with Gasteiger partial charge in [-0.05, 0) is 43.9 Å². The quantitative estimate of drug-likeness (QED) is 0.876. The number of sulfone groups is 1. The highest BCUT2D eigenvalue weighted by Gasteiger charge is 2.21. The van der Waals surface area contributed by atoms with Crippen LogP contribution in [-0.4, -0.2) is 37.8 Å². The zero-order valence-electron chi connectivity index (χ0n) is 11.4. The van der Waals surface area contributed by atoms with Gasteiger partial charge in [-0.15, -0.1) is 0 Å². The van der Waals surface area contributed by atoms with Gasteiger partial charge in [0, 0.05) is 17.9 Å². The Kier molecular flexibility index (Phi) is 4.45. The van der Waals surface area contributed by atoms with Crippen LogP contribution in [0.15, 0.2) is 29.2 Å². The molecule has 1 amide bonds. The summed E-state index contributed by atoms with van der Waals surface area (Å²) in [5.41, 5.74) is 0.346. The Balaban J connectivity index is 2.06. The molecule has 0 aromatic heterocycles. The molecule has 1 aromatic carbocycles. The van der Waals surface area contributed by atoms with Gasteiger partial charge in [0.1, 0.15) is 0 Å². The lowest BCUT2D eigenvalue weighted by Crippen LogP contribution is -2.38. The molecule has 1 fully saturated rings. The van der Waals surface area contributed by atoms with Gasteiger partial charge < -0.3 is 10.4 Å². The fourth-order valence-electron chi connectivity index (χ4n) is 2.36. The van der Waals surface area contributed by atoms with Crippen LogP contribution in [0.4, 0.5) is 0 Å². The van der Waals surface area contributed by atoms with E-state index < -0.39 is 9.84 Å². The summed E-state index contributed by atoms with van der Waals surface area (Å²) in [6.07, 6.45) is 3.73. The maximum atomic E-state index is 12.1. The normalized spacial score (nSPS) is 23.3. The van der Waals surface area contributed by atoms with E-state index in [0.29, 0.717) is 18.4 Å². The smallest absolute Gasteiger partial charge is 0.251 e. The van der Waals surface area contributed by atoms with Crippen molar-refractivity contribution in [1.29, 1.82) is 0 Å². The topological polar surface area (TPSA) is 83.5 Å². The van der Waals surface area contributed by atoms with E-state index in [1.165, 1.54) is 12.1 Å². The van der Waals surface area contributed by atoms with Gasteiger partial charge in [-0.2, -0.15) is 0 Å². The number of nitrogens with one attached hydrogen (secondary N) is 1. The van der Waals surface area contributed by atoms with Crippen molar-refractivity contribution in [3.8, 4) is 0 Å². The summed E-state index contributed by atoms with van der Waals surface area (Å²) < 4.78 is 22.9. The Hall–Kier alpha value is -1.40. The molecule has 0 spiro atoms. The zero-order valence-corrected chi connectivity index (χ0v) is 12.2. The minimum absolute atomic E-state index is 0.0489. The molecule has 0 bridgehead atoms. The first-order valence-corrected chi connectivity index (χ1v) is 8.54. The standard InChI is InChI=1S/C14H19NO4S/c1-20(18,19)13-4-2-3-10(9-13)14(17)15-11-5-7-12(16)8-6-11/h2-4,9,11-12,16H,5-8H2,1H3,(H,15,17). The first-order valence-electron chi connectivity index (χ1n) is 6.65. The van der Waals surface area contributed by atoms with Crippen LogP contribution in [0, 0.1) is 0 Å². The van der Waals surface area contributed by atoms with Crippen LogP contribution in [0.25, 0.3) is 0 Å². The molecule has 1 aliphatic rings. The highest BCUT2D eigenvalue weighted by Crippen LogP contribution is 2.19. The van der Waals surface area contributed by atoms with Crippen molar-refractivity contribution in [2.45, 2.75) is 42.7 Å². The zero-order chi connectivity index (χ0) is 14.8. The van der Waals surface area contributed by atoms with Crippen molar-refractivity contribution in [3.05, 3.63) is 29.8 Å². The van der Waals surface area contributed by atoms with Gasteiger partial charge in [0.15, 0.2) is 9.84 Å². The monoisotopic (exact) mass is 297 g/mol. The van der Waals surface area contributed by atoms with E-state index in [1.54, 1.807) is 12.1 Å². The van der Waals surface area contributed by atoms with Gasteiger partial charge in [-0.25, -0.2) is 8.42 Å². The van der Waals surface area contributed by atoms with Crippen molar-refractivity contribution >= 4 is 15.7 Å². The van der Waals surface area contributed by atoms with E-state index in [4.69, 9.17) is 0 Å². The van der Waals surface area contributed by atoms with Crippen molar-refractivity contribution in [2.75, 3.05) is 6.26 Å². The molecule has 0 heterocycles. The Morgan fingerprint density at radius 1 is 1.25 bits per heavy atom. The minimum Gasteiger partial charge on any atom is -0.393 e. The second kappa shape index (κ2) is 5.93. The molecular formula is C14H19NO4S. The fraction of sp³-hybridized carbons (Fsp3) is 0.500. The number of aliphatic hydroxyl groups is 1. The van der Waals surface area contributed by atoms with Crippen LogP contribution in [0.5, 0.6) is 0 Å². The van der Waals surface area contributed by atoms with Gasteiger partial charge >= 0.3 is 0 Å². The molecule has 0 saturated heterocycles. The third-order valence-electron chi connectivity index (χ3n) is 3.56. The average molecular weight is 297 g/mol. The van der Waals surface area contributed by atoms with Gasteiger partial charge in [-0.3, -0.25) is 4.79 Å². The molecule has 1 aromatic rings. The molecule has 0 radical (unpaired) electrons. The second-order valence-electron chi connectivity index (χ2n) is 5.28. The summed E-state index contributed by atoms with van der Waals surface area (Å²) >= 11 is 0. The van der Waals surface area contributed by atoms with Gasteiger partial charge in [0.2, 0.25) is 0 Å². The molecule has 20 heavy (non-hydrogen) atoms. The highest BCUT2D eigenvalue weighted by molar-refractivity contribution is 7.90. The Morgan fingerprint density at radius 3 is 2.50 bits per heavy atom. The molecular weight excluding hydrogens is 278 g/mol. The molecule has 110 valence electrons. The molecule has 6 heteroatoms. The van der Waals surface area contributed by atoms with E-state index >= 15 is 0 Å². The van der Waals surface area contributed by atoms with Gasteiger partial charge in [0.05, 0.1) is 11.0 Å². The van der Waals surface area contributed by atoms with Crippen LogP contribution in [-0.2, 0) is 9.84 Å². The molecule has 0 aliphatic heterocycles. The maximum Gasteiger partial charge on any atom is 0.251 e. The van der Waals surface area contributed by atoms with Crippen LogP contribution in [0.2, 0.25) is 0 Å². The van der Waals surface area contributed by atoms with Crippen LogP contribution >= 0.6 is 0 Å². The first-order chi connectivity index (χ1) is 9.36. The predicted octanol–water partition coefficient (Wildman–Crippen LogP) is 1.12. The molecule has 0 atom stereocenters. The van der Waals surface area contributed by atoms with E-state index in [0.717, 1.165) is 19.1 Å². The fourth-order valence-corrected chi connectivity index (χ4v) is 3.02. The van der Waals surface area contributed by atoms with Crippen molar-refractivity contribution in [1.82, 2.24) is 5.32 Å². The molecule has 2 N–H and O–H groups in total. The average Bonchev–Trinajstić information content (AvgIpc) is 2.40. The Bertz CT molecular complexity index is 589. The maximum absolute atomic E-state index is 12.1. The number of benzene rings is 1. The minimum atomic E-state index is -3.31. The molecule has 5 nitrogen and oxygen atoms in total. The number of hydrogen-bond acceptors (Lipinski definition) is 4. The lowest BCUT2D eigenvalue weighted by molar-refractivity contribution is 0.0867. The number of carbonyl (C=O) groups excluding carboxylic acids is 1. The van der Waals surface area contributed by atoms with Gasteiger partial charge in [0.25, 0.3) is 5.91 Å². The predicted molar refractivity (Wildman–Crippen MR) is 75.3 cm³/mol. The number of carbonyl (C=O) groups is 1. The van der Waals surface area contributed by atoms with Crippen LogP contribution in [0.1, 0.15) is 36.0 Å². The number of amides is 1. The first kappa shape index (κ1) is 15.0. The van der Waals surface area contributed by atoms with Crippen molar-refractivity contribution < 1.29 is 18.3 Å². The molecule has 0 unspecified atom stereocenters. The Labute approximate surface area is 118 Å². The highest BCUT2D eigenvalue weighted by atomic mass is 32.2. The largest absolute Gasteiger partial charge is 0.393 e. The van der Waals surface area contributed by atoms with Crippen molar-refractivity contribution in [3.63, 3.8) is 0 Å². The number of hydrogen-bond donors (Lipinski definition) is 2. The van der Waals surface area contributed by atoms with Gasteiger partial charge in [-0.1, -0.05) is 6.07 Å². The molecule has 2 rings (SSSR count). The summed E-state index contributed by atoms with van der Waals surface area (Å²) in [4.78, 5) is 12.2. The van der Waals surface area contributed by atoms with E-state index in [2.05, 4.69) is 5.32 Å². The molecule has 1 saturated carbocycles. The summed E-state index contributed by atoms with van der Waals surface area (Å²) in [6.45, 7) is 0. The summed E-state index contributed by atoms with van der Waals surface area (Å²) in [5, 5.41) is 12.3. The third kappa shape index (κ3) is 3.80. The number of rotatable bonds is 3. The van der Waals surface area contributed by atoms with E-state index in [-0.39, 0.29) is 22.9 Å². The summed E-state index contributed by atoms with van der Waals surface area (Å²) in [6, 6.07) is 6.08. The Morgan fingerprint density at radius 2 is 1.90 bits per heavy atom. The van der Waals surface area contributed by atoms with E-state index in [1.807, 2.05) is 0 Å². The lowest BCUT2D eigenvalue weighted by atomic mass is 9.93. The third-order valence-corrected chi connectivity index (χ3v) is 4.67. The van der Waals surface area contributed by atoms with Crippen LogP contribution in [0.3, 0.4) is 0 Å². The summed E-state index contributed by atoms with van der Waals surface area (Å²) in [7, 11) is -3.31. The molecule has 1 aliphatic carbocycles. The summed E-state index contributed by atoms with van der Waals surface area (Å²) in [5.74, 6) is -0.267.